The third-order valence-corrected chi connectivity index (χ3v) is 2.46. The molecule has 1 rings (SSSR count). The first-order valence-corrected chi connectivity index (χ1v) is 6.08. The summed E-state index contributed by atoms with van der Waals surface area (Å²) in [5.74, 6) is 0.0884. The first-order valence-electron chi connectivity index (χ1n) is 6.08. The number of ether oxygens (including phenoxy) is 1. The second-order valence-corrected chi connectivity index (χ2v) is 4.53. The minimum atomic E-state index is -0.465. The Morgan fingerprint density at radius 3 is 2.53 bits per heavy atom. The van der Waals surface area contributed by atoms with Crippen molar-refractivity contribution in [2.24, 2.45) is 5.92 Å². The molecule has 1 aromatic rings. The van der Waals surface area contributed by atoms with Gasteiger partial charge in [0.25, 0.3) is 5.69 Å². The minimum absolute atomic E-state index is 0.0247. The molecule has 0 unspecified atom stereocenters. The van der Waals surface area contributed by atoms with Crippen LogP contribution >= 0.6 is 0 Å². The van der Waals surface area contributed by atoms with Gasteiger partial charge in [0.15, 0.2) is 0 Å². The van der Waals surface area contributed by atoms with Gasteiger partial charge in [-0.3, -0.25) is 10.1 Å². The molecular weight excluding hydrogens is 246 g/mol. The topological polar surface area (TPSA) is 69.4 Å². The van der Waals surface area contributed by atoms with E-state index in [-0.39, 0.29) is 5.69 Å². The molecule has 0 aliphatic carbocycles. The van der Waals surface area contributed by atoms with Gasteiger partial charge in [0, 0.05) is 18.2 Å². The molecule has 0 radical (unpaired) electrons. The molecule has 0 fully saturated rings. The average molecular weight is 263 g/mol. The Hall–Kier alpha value is -2.17. The standard InChI is InChI=1S/C14H17NO4/c1-11(2)9-10-19-14(16)8-5-12-3-6-13(7-4-12)15(17)18/h3-8,11H,9-10H2,1-2H3. The molecular formula is C14H17NO4. The molecule has 0 atom stereocenters. The quantitative estimate of drug-likeness (QED) is 0.342. The highest BCUT2D eigenvalue weighted by atomic mass is 16.6. The summed E-state index contributed by atoms with van der Waals surface area (Å²) >= 11 is 0. The SMILES string of the molecule is CC(C)CCOC(=O)C=Cc1ccc([N+](=O)[O-])cc1. The molecule has 0 bridgehead atoms. The van der Waals surface area contributed by atoms with Crippen molar-refractivity contribution < 1.29 is 14.5 Å². The molecule has 0 aromatic heterocycles. The lowest BCUT2D eigenvalue weighted by Crippen LogP contribution is -2.04. The fourth-order valence-corrected chi connectivity index (χ4v) is 1.31. The van der Waals surface area contributed by atoms with Crippen LogP contribution in [0.1, 0.15) is 25.8 Å². The molecule has 102 valence electrons. The second kappa shape index (κ2) is 7.31. The summed E-state index contributed by atoms with van der Waals surface area (Å²) in [6.07, 6.45) is 3.72. The fourth-order valence-electron chi connectivity index (χ4n) is 1.31. The van der Waals surface area contributed by atoms with Gasteiger partial charge in [-0.25, -0.2) is 4.79 Å². The maximum Gasteiger partial charge on any atom is 0.330 e. The lowest BCUT2D eigenvalue weighted by Gasteiger charge is -2.04. The third-order valence-electron chi connectivity index (χ3n) is 2.46. The van der Waals surface area contributed by atoms with Crippen LogP contribution in [-0.2, 0) is 9.53 Å². The number of nitrogens with zero attached hydrogens (tertiary/aromatic N) is 1. The first-order chi connectivity index (χ1) is 8.99. The molecule has 5 heteroatoms. The van der Waals surface area contributed by atoms with Crippen LogP contribution in [0.15, 0.2) is 30.3 Å². The van der Waals surface area contributed by atoms with Gasteiger partial charge in [0.2, 0.25) is 0 Å². The number of esters is 1. The number of rotatable bonds is 6. The van der Waals surface area contributed by atoms with E-state index >= 15 is 0 Å². The third kappa shape index (κ3) is 5.81. The van der Waals surface area contributed by atoms with Crippen LogP contribution in [0.4, 0.5) is 5.69 Å². The summed E-state index contributed by atoms with van der Waals surface area (Å²) in [6.45, 7) is 4.52. The Morgan fingerprint density at radius 1 is 1.37 bits per heavy atom. The van der Waals surface area contributed by atoms with Crippen molar-refractivity contribution >= 4 is 17.7 Å². The molecule has 19 heavy (non-hydrogen) atoms. The van der Waals surface area contributed by atoms with Crippen LogP contribution in [0.2, 0.25) is 0 Å². The van der Waals surface area contributed by atoms with E-state index in [9.17, 15) is 14.9 Å². The van der Waals surface area contributed by atoms with Crippen molar-refractivity contribution in [3.05, 3.63) is 46.0 Å². The normalized spacial score (nSPS) is 10.9. The molecule has 1 aromatic carbocycles. The van der Waals surface area contributed by atoms with Crippen LogP contribution in [0, 0.1) is 16.0 Å². The van der Waals surface area contributed by atoms with Crippen molar-refractivity contribution in [1.82, 2.24) is 0 Å². The lowest BCUT2D eigenvalue weighted by atomic mass is 10.1. The van der Waals surface area contributed by atoms with E-state index in [1.54, 1.807) is 18.2 Å². The maximum absolute atomic E-state index is 11.4. The zero-order valence-electron chi connectivity index (χ0n) is 11.0. The number of carbonyl (C=O) groups is 1. The maximum atomic E-state index is 11.4. The van der Waals surface area contributed by atoms with Crippen molar-refractivity contribution in [3.8, 4) is 0 Å². The van der Waals surface area contributed by atoms with Crippen LogP contribution in [0.5, 0.6) is 0 Å². The summed E-state index contributed by atoms with van der Waals surface area (Å²) < 4.78 is 5.00. The highest BCUT2D eigenvalue weighted by Crippen LogP contribution is 2.12. The predicted octanol–water partition coefficient (Wildman–Crippen LogP) is 3.20. The van der Waals surface area contributed by atoms with E-state index in [1.807, 2.05) is 0 Å². The van der Waals surface area contributed by atoms with E-state index in [0.717, 1.165) is 6.42 Å². The van der Waals surface area contributed by atoms with Crippen LogP contribution < -0.4 is 0 Å². The molecule has 0 aliphatic rings. The van der Waals surface area contributed by atoms with Crippen molar-refractivity contribution in [3.63, 3.8) is 0 Å². The summed E-state index contributed by atoms with van der Waals surface area (Å²) in [6, 6.07) is 5.94. The van der Waals surface area contributed by atoms with Crippen molar-refractivity contribution in [2.75, 3.05) is 6.61 Å². The molecule has 0 heterocycles. The summed E-state index contributed by atoms with van der Waals surface area (Å²) in [7, 11) is 0. The fraction of sp³-hybridized carbons (Fsp3) is 0.357. The molecule has 5 nitrogen and oxygen atoms in total. The van der Waals surface area contributed by atoms with E-state index < -0.39 is 10.9 Å². The Morgan fingerprint density at radius 2 is 2.00 bits per heavy atom. The number of non-ortho nitro benzene ring substituents is 1. The molecule has 0 aliphatic heterocycles. The van der Waals surface area contributed by atoms with Crippen molar-refractivity contribution in [1.29, 1.82) is 0 Å². The number of hydrogen-bond acceptors (Lipinski definition) is 4. The monoisotopic (exact) mass is 263 g/mol. The number of nitro benzene ring substituents is 1. The van der Waals surface area contributed by atoms with Crippen LogP contribution in [-0.4, -0.2) is 17.5 Å². The largest absolute Gasteiger partial charge is 0.463 e. The minimum Gasteiger partial charge on any atom is -0.463 e. The van der Waals surface area contributed by atoms with Gasteiger partial charge in [-0.15, -0.1) is 0 Å². The van der Waals surface area contributed by atoms with E-state index in [0.29, 0.717) is 18.1 Å². The zero-order chi connectivity index (χ0) is 14.3. The molecule has 0 saturated carbocycles. The van der Waals surface area contributed by atoms with Gasteiger partial charge < -0.3 is 4.74 Å². The van der Waals surface area contributed by atoms with E-state index in [2.05, 4.69) is 13.8 Å². The van der Waals surface area contributed by atoms with Crippen LogP contribution in [0.25, 0.3) is 6.08 Å². The Kier molecular flexibility index (Phi) is 5.73. The molecule has 0 N–H and O–H groups in total. The van der Waals surface area contributed by atoms with E-state index in [1.165, 1.54) is 18.2 Å². The number of nitro groups is 1. The smallest absolute Gasteiger partial charge is 0.330 e. The van der Waals surface area contributed by atoms with Gasteiger partial charge in [-0.1, -0.05) is 13.8 Å². The zero-order valence-corrected chi connectivity index (χ0v) is 11.0. The highest BCUT2D eigenvalue weighted by Gasteiger charge is 2.03. The van der Waals surface area contributed by atoms with Crippen LogP contribution in [0.3, 0.4) is 0 Å². The van der Waals surface area contributed by atoms with Gasteiger partial charge in [-0.2, -0.15) is 0 Å². The van der Waals surface area contributed by atoms with E-state index in [4.69, 9.17) is 4.74 Å². The number of benzene rings is 1. The molecule has 0 spiro atoms. The van der Waals surface area contributed by atoms with Gasteiger partial charge in [0.1, 0.15) is 0 Å². The lowest BCUT2D eigenvalue weighted by molar-refractivity contribution is -0.384. The summed E-state index contributed by atoms with van der Waals surface area (Å²) in [5, 5.41) is 10.5. The second-order valence-electron chi connectivity index (χ2n) is 4.53. The predicted molar refractivity (Wildman–Crippen MR) is 72.5 cm³/mol. The number of hydrogen-bond donors (Lipinski definition) is 0. The Balaban J connectivity index is 2.47. The van der Waals surface area contributed by atoms with Crippen molar-refractivity contribution in [2.45, 2.75) is 20.3 Å². The first kappa shape index (κ1) is 14.9. The highest BCUT2D eigenvalue weighted by molar-refractivity contribution is 5.87. The Labute approximate surface area is 112 Å². The number of carbonyl (C=O) groups excluding carboxylic acids is 1. The molecule has 0 amide bonds. The Bertz CT molecular complexity index is 463. The average Bonchev–Trinajstić information content (AvgIpc) is 2.36. The van der Waals surface area contributed by atoms with Gasteiger partial charge in [-0.05, 0) is 36.1 Å². The molecule has 0 saturated heterocycles. The van der Waals surface area contributed by atoms with Gasteiger partial charge >= 0.3 is 5.97 Å². The summed E-state index contributed by atoms with van der Waals surface area (Å²) in [5.41, 5.74) is 0.739. The van der Waals surface area contributed by atoms with Gasteiger partial charge in [0.05, 0.1) is 11.5 Å². The summed E-state index contributed by atoms with van der Waals surface area (Å²) in [4.78, 5) is 21.4.